The topological polar surface area (TPSA) is 92.4 Å². The van der Waals surface area contributed by atoms with Crippen molar-refractivity contribution in [1.82, 2.24) is 4.72 Å². The van der Waals surface area contributed by atoms with Crippen LogP contribution in [0.2, 0.25) is 0 Å². The Labute approximate surface area is 118 Å². The second-order valence-electron chi connectivity index (χ2n) is 5.44. The molecule has 0 radical (unpaired) electrons. The lowest BCUT2D eigenvalue weighted by Gasteiger charge is -2.15. The first-order chi connectivity index (χ1) is 9.30. The van der Waals surface area contributed by atoms with Gasteiger partial charge in [-0.2, -0.15) is 0 Å². The quantitative estimate of drug-likeness (QED) is 0.687. The minimum atomic E-state index is -3.71. The molecule has 0 amide bonds. The molecule has 112 valence electrons. The molecule has 0 bridgehead atoms. The highest BCUT2D eigenvalue weighted by molar-refractivity contribution is 7.89. The second kappa shape index (κ2) is 5.31. The molecule has 0 unspecified atom stereocenters. The fraction of sp³-hybridized carbons (Fsp3) is 0.538. The largest absolute Gasteiger partial charge is 0.396 e. The van der Waals surface area contributed by atoms with Crippen LogP contribution < -0.4 is 10.5 Å². The van der Waals surface area contributed by atoms with Gasteiger partial charge in [-0.3, -0.25) is 0 Å². The Morgan fingerprint density at radius 1 is 1.45 bits per heavy atom. The molecule has 0 saturated heterocycles. The summed E-state index contributed by atoms with van der Waals surface area (Å²) in [6.07, 6.45) is 2.39. The summed E-state index contributed by atoms with van der Waals surface area (Å²) in [4.78, 5) is -0.0336. The molecule has 0 atom stereocenters. The summed E-state index contributed by atoms with van der Waals surface area (Å²) in [6.45, 7) is 1.80. The zero-order chi connectivity index (χ0) is 15.0. The van der Waals surface area contributed by atoms with Crippen LogP contribution in [0, 0.1) is 18.2 Å². The molecule has 0 spiro atoms. The third kappa shape index (κ3) is 3.11. The number of anilines is 1. The maximum atomic E-state index is 13.4. The standard InChI is InChI=1S/C13H19FN2O3S/c1-9-6-10(7-11(15)12(9)14)20(18,19)16-8-13(2-3-13)4-5-17/h6-7,16-17H,2-5,8,15H2,1H3. The highest BCUT2D eigenvalue weighted by atomic mass is 32.2. The summed E-state index contributed by atoms with van der Waals surface area (Å²) < 4.78 is 40.3. The highest BCUT2D eigenvalue weighted by Gasteiger charge is 2.42. The van der Waals surface area contributed by atoms with Crippen LogP contribution in [0.4, 0.5) is 10.1 Å². The lowest BCUT2D eigenvalue weighted by Crippen LogP contribution is -2.31. The number of hydrogen-bond donors (Lipinski definition) is 3. The van der Waals surface area contributed by atoms with Crippen molar-refractivity contribution >= 4 is 15.7 Å². The molecule has 0 aromatic heterocycles. The molecular formula is C13H19FN2O3S. The first-order valence-corrected chi connectivity index (χ1v) is 7.94. The van der Waals surface area contributed by atoms with E-state index in [1.165, 1.54) is 13.0 Å². The van der Waals surface area contributed by atoms with Gasteiger partial charge in [0.15, 0.2) is 0 Å². The van der Waals surface area contributed by atoms with E-state index in [0.29, 0.717) is 6.42 Å². The van der Waals surface area contributed by atoms with Crippen molar-refractivity contribution in [2.45, 2.75) is 31.1 Å². The monoisotopic (exact) mass is 302 g/mol. The first kappa shape index (κ1) is 15.2. The number of nitrogens with two attached hydrogens (primary N) is 1. The van der Waals surface area contributed by atoms with Gasteiger partial charge < -0.3 is 10.8 Å². The number of halogens is 1. The van der Waals surface area contributed by atoms with Crippen molar-refractivity contribution in [1.29, 1.82) is 0 Å². The van der Waals surface area contributed by atoms with E-state index in [4.69, 9.17) is 10.8 Å². The molecule has 7 heteroatoms. The van der Waals surface area contributed by atoms with Gasteiger partial charge in [-0.1, -0.05) is 0 Å². The minimum Gasteiger partial charge on any atom is -0.396 e. The Hall–Kier alpha value is -1.18. The molecule has 2 rings (SSSR count). The van der Waals surface area contributed by atoms with E-state index in [-0.39, 0.29) is 34.7 Å². The van der Waals surface area contributed by atoms with Gasteiger partial charge in [0.25, 0.3) is 0 Å². The number of sulfonamides is 1. The smallest absolute Gasteiger partial charge is 0.240 e. The lowest BCUT2D eigenvalue weighted by molar-refractivity contribution is 0.249. The van der Waals surface area contributed by atoms with Gasteiger partial charge in [-0.05, 0) is 49.3 Å². The van der Waals surface area contributed by atoms with Crippen LogP contribution in [0.5, 0.6) is 0 Å². The van der Waals surface area contributed by atoms with E-state index in [0.717, 1.165) is 18.9 Å². The Bertz CT molecular complexity index is 589. The van der Waals surface area contributed by atoms with E-state index in [2.05, 4.69) is 4.72 Å². The Morgan fingerprint density at radius 2 is 2.10 bits per heavy atom. The number of aliphatic hydroxyl groups is 1. The maximum Gasteiger partial charge on any atom is 0.240 e. The molecule has 20 heavy (non-hydrogen) atoms. The van der Waals surface area contributed by atoms with Crippen LogP contribution in [-0.2, 0) is 10.0 Å². The third-order valence-electron chi connectivity index (χ3n) is 3.80. The van der Waals surface area contributed by atoms with Gasteiger partial charge >= 0.3 is 0 Å². The van der Waals surface area contributed by atoms with E-state index >= 15 is 0 Å². The van der Waals surface area contributed by atoms with Crippen LogP contribution in [0.3, 0.4) is 0 Å². The highest BCUT2D eigenvalue weighted by Crippen LogP contribution is 2.48. The van der Waals surface area contributed by atoms with E-state index < -0.39 is 15.8 Å². The van der Waals surface area contributed by atoms with Crippen LogP contribution in [0.25, 0.3) is 0 Å². The van der Waals surface area contributed by atoms with Crippen molar-refractivity contribution in [2.24, 2.45) is 5.41 Å². The van der Waals surface area contributed by atoms with Gasteiger partial charge in [0.05, 0.1) is 10.6 Å². The Morgan fingerprint density at radius 3 is 2.60 bits per heavy atom. The summed E-state index contributed by atoms with van der Waals surface area (Å²) >= 11 is 0. The van der Waals surface area contributed by atoms with Crippen molar-refractivity contribution in [2.75, 3.05) is 18.9 Å². The molecule has 1 aliphatic rings. The average Bonchev–Trinajstić information content (AvgIpc) is 3.14. The molecule has 1 aromatic rings. The summed E-state index contributed by atoms with van der Waals surface area (Å²) in [6, 6.07) is 2.38. The number of nitrogens with one attached hydrogen (secondary N) is 1. The SMILES string of the molecule is Cc1cc(S(=O)(=O)NCC2(CCO)CC2)cc(N)c1F. The zero-order valence-corrected chi connectivity index (χ0v) is 12.1. The van der Waals surface area contributed by atoms with Gasteiger partial charge in [-0.15, -0.1) is 0 Å². The zero-order valence-electron chi connectivity index (χ0n) is 11.3. The average molecular weight is 302 g/mol. The van der Waals surface area contributed by atoms with Crippen molar-refractivity contribution in [3.8, 4) is 0 Å². The van der Waals surface area contributed by atoms with Crippen molar-refractivity contribution in [3.63, 3.8) is 0 Å². The maximum absolute atomic E-state index is 13.4. The summed E-state index contributed by atoms with van der Waals surface area (Å²) in [5, 5.41) is 8.96. The summed E-state index contributed by atoms with van der Waals surface area (Å²) in [5.41, 5.74) is 5.35. The normalized spacial score (nSPS) is 17.1. The predicted molar refractivity (Wildman–Crippen MR) is 74.1 cm³/mol. The van der Waals surface area contributed by atoms with Crippen molar-refractivity contribution < 1.29 is 17.9 Å². The van der Waals surface area contributed by atoms with Crippen LogP contribution >= 0.6 is 0 Å². The second-order valence-corrected chi connectivity index (χ2v) is 7.21. The molecular weight excluding hydrogens is 283 g/mol. The van der Waals surface area contributed by atoms with Gasteiger partial charge in [0, 0.05) is 13.2 Å². The van der Waals surface area contributed by atoms with E-state index in [1.54, 1.807) is 0 Å². The molecule has 1 aliphatic carbocycles. The number of nitrogen functional groups attached to an aromatic ring is 1. The van der Waals surface area contributed by atoms with E-state index in [9.17, 15) is 12.8 Å². The van der Waals surface area contributed by atoms with Gasteiger partial charge in [0.2, 0.25) is 10.0 Å². The van der Waals surface area contributed by atoms with Crippen LogP contribution in [-0.4, -0.2) is 26.7 Å². The van der Waals surface area contributed by atoms with Crippen LogP contribution in [0.15, 0.2) is 17.0 Å². The fourth-order valence-electron chi connectivity index (χ4n) is 2.18. The Kier molecular flexibility index (Phi) is 4.04. The van der Waals surface area contributed by atoms with Crippen molar-refractivity contribution in [3.05, 3.63) is 23.5 Å². The molecule has 5 nitrogen and oxygen atoms in total. The first-order valence-electron chi connectivity index (χ1n) is 6.46. The third-order valence-corrected chi connectivity index (χ3v) is 5.18. The summed E-state index contributed by atoms with van der Waals surface area (Å²) in [5.74, 6) is -0.595. The number of rotatable bonds is 6. The van der Waals surface area contributed by atoms with Gasteiger partial charge in [-0.25, -0.2) is 17.5 Å². The molecule has 1 saturated carbocycles. The van der Waals surface area contributed by atoms with Gasteiger partial charge in [0.1, 0.15) is 5.82 Å². The molecule has 4 N–H and O–H groups in total. The number of benzene rings is 1. The Balaban J connectivity index is 2.15. The molecule has 0 aliphatic heterocycles. The fourth-order valence-corrected chi connectivity index (χ4v) is 3.46. The molecule has 0 heterocycles. The minimum absolute atomic E-state index is 0.0336. The number of aliphatic hydroxyl groups excluding tert-OH is 1. The molecule has 1 aromatic carbocycles. The molecule has 1 fully saturated rings. The van der Waals surface area contributed by atoms with E-state index in [1.807, 2.05) is 0 Å². The lowest BCUT2D eigenvalue weighted by atomic mass is 10.0. The number of hydrogen-bond acceptors (Lipinski definition) is 4. The number of aryl methyl sites for hydroxylation is 1. The predicted octanol–water partition coefficient (Wildman–Crippen LogP) is 1.16. The summed E-state index contributed by atoms with van der Waals surface area (Å²) in [7, 11) is -3.71. The van der Waals surface area contributed by atoms with Crippen LogP contribution in [0.1, 0.15) is 24.8 Å².